The second kappa shape index (κ2) is 10.0. The molecule has 1 aliphatic heterocycles. The molecule has 3 aromatic rings. The Morgan fingerprint density at radius 2 is 1.79 bits per heavy atom. The Bertz CT molecular complexity index is 1270. The fraction of sp³-hybridized carbons (Fsp3) is 0.185. The number of likely N-dealkylation sites (tertiary alicyclic amines) is 1. The first kappa shape index (κ1) is 23.4. The highest BCUT2D eigenvalue weighted by molar-refractivity contribution is 6.46. The number of carbonyl (C=O) groups is 2. The van der Waals surface area contributed by atoms with Crippen molar-refractivity contribution in [1.82, 2.24) is 4.90 Å². The largest absolute Gasteiger partial charge is 0.507 e. The summed E-state index contributed by atoms with van der Waals surface area (Å²) in [5.74, 6) is -0.553. The molecule has 0 bridgehead atoms. The van der Waals surface area contributed by atoms with Crippen LogP contribution in [0.3, 0.4) is 0 Å². The number of hydrogen-bond acceptors (Lipinski definition) is 5. The van der Waals surface area contributed by atoms with E-state index in [1.54, 1.807) is 61.7 Å². The van der Waals surface area contributed by atoms with Crippen LogP contribution in [0.1, 0.15) is 29.7 Å². The van der Waals surface area contributed by atoms with Crippen LogP contribution in [0.15, 0.2) is 78.4 Å². The van der Waals surface area contributed by atoms with Crippen molar-refractivity contribution in [3.63, 3.8) is 0 Å². The summed E-state index contributed by atoms with van der Waals surface area (Å²) in [5, 5.41) is 11.6. The number of nitrogens with zero attached hydrogens (tertiary/aromatic N) is 1. The minimum absolute atomic E-state index is 0.00388. The number of para-hydroxylation sites is 1. The van der Waals surface area contributed by atoms with Crippen molar-refractivity contribution in [3.8, 4) is 11.5 Å². The fourth-order valence-corrected chi connectivity index (χ4v) is 4.33. The van der Waals surface area contributed by atoms with E-state index in [-0.39, 0.29) is 17.9 Å². The second-order valence-electron chi connectivity index (χ2n) is 7.75. The van der Waals surface area contributed by atoms with E-state index in [1.165, 1.54) is 4.90 Å². The number of methoxy groups -OCH3 is 1. The van der Waals surface area contributed by atoms with Gasteiger partial charge in [0.25, 0.3) is 11.7 Å². The molecule has 0 saturated carbocycles. The van der Waals surface area contributed by atoms with E-state index in [4.69, 9.17) is 21.1 Å². The molecule has 6 nitrogen and oxygen atoms in total. The zero-order valence-electron chi connectivity index (χ0n) is 18.8. The predicted molar refractivity (Wildman–Crippen MR) is 130 cm³/mol. The summed E-state index contributed by atoms with van der Waals surface area (Å²) in [7, 11) is 1.55. The number of ether oxygens (including phenoxy) is 2. The molecule has 0 aliphatic carbocycles. The molecule has 1 amide bonds. The normalized spacial score (nSPS) is 17.1. The fourth-order valence-electron chi connectivity index (χ4n) is 4.14. The van der Waals surface area contributed by atoms with Gasteiger partial charge in [0.15, 0.2) is 0 Å². The highest BCUT2D eigenvalue weighted by Crippen LogP contribution is 2.42. The van der Waals surface area contributed by atoms with Gasteiger partial charge in [-0.15, -0.1) is 0 Å². The lowest BCUT2D eigenvalue weighted by atomic mass is 9.95. The molecule has 7 heteroatoms. The molecule has 4 rings (SSSR count). The summed E-state index contributed by atoms with van der Waals surface area (Å²) in [6.07, 6.45) is 0. The lowest BCUT2D eigenvalue weighted by Crippen LogP contribution is -2.29. The van der Waals surface area contributed by atoms with Gasteiger partial charge in [0.1, 0.15) is 17.3 Å². The topological polar surface area (TPSA) is 76.1 Å². The predicted octanol–water partition coefficient (Wildman–Crippen LogP) is 5.37. The van der Waals surface area contributed by atoms with Gasteiger partial charge >= 0.3 is 0 Å². The molecule has 1 heterocycles. The third-order valence-corrected chi connectivity index (χ3v) is 5.89. The van der Waals surface area contributed by atoms with E-state index >= 15 is 0 Å². The number of aliphatic hydroxyl groups is 1. The highest BCUT2D eigenvalue weighted by atomic mass is 35.5. The van der Waals surface area contributed by atoms with Gasteiger partial charge in [-0.05, 0) is 42.8 Å². The third kappa shape index (κ3) is 4.50. The Hall–Kier alpha value is -3.77. The Kier molecular flexibility index (Phi) is 6.89. The maximum Gasteiger partial charge on any atom is 0.295 e. The van der Waals surface area contributed by atoms with E-state index in [0.717, 1.165) is 5.56 Å². The Morgan fingerprint density at radius 1 is 1.03 bits per heavy atom. The third-order valence-electron chi connectivity index (χ3n) is 5.66. The zero-order valence-corrected chi connectivity index (χ0v) is 19.6. The van der Waals surface area contributed by atoms with Crippen LogP contribution in [0.2, 0.25) is 5.02 Å². The van der Waals surface area contributed by atoms with Crippen molar-refractivity contribution in [2.24, 2.45) is 0 Å². The number of rotatable bonds is 7. The average Bonchev–Trinajstić information content (AvgIpc) is 3.09. The molecule has 1 fully saturated rings. The molecule has 1 N–H and O–H groups in total. The van der Waals surface area contributed by atoms with Gasteiger partial charge in [0.05, 0.1) is 31.9 Å². The van der Waals surface area contributed by atoms with Gasteiger partial charge in [-0.3, -0.25) is 9.59 Å². The van der Waals surface area contributed by atoms with Crippen LogP contribution in [0, 0.1) is 0 Å². The molecule has 0 spiro atoms. The molecular weight excluding hydrogens is 454 g/mol. The van der Waals surface area contributed by atoms with Gasteiger partial charge in [-0.1, -0.05) is 54.1 Å². The maximum absolute atomic E-state index is 13.2. The number of aliphatic hydroxyl groups excluding tert-OH is 1. The van der Waals surface area contributed by atoms with E-state index in [2.05, 4.69) is 0 Å². The summed E-state index contributed by atoms with van der Waals surface area (Å²) in [4.78, 5) is 27.9. The Labute approximate surface area is 203 Å². The molecule has 1 unspecified atom stereocenters. The monoisotopic (exact) mass is 477 g/mol. The van der Waals surface area contributed by atoms with E-state index in [0.29, 0.717) is 34.3 Å². The zero-order chi connectivity index (χ0) is 24.2. The van der Waals surface area contributed by atoms with Gasteiger partial charge < -0.3 is 19.5 Å². The molecule has 1 atom stereocenters. The lowest BCUT2D eigenvalue weighted by molar-refractivity contribution is -0.140. The molecular formula is C27H24ClNO5. The lowest BCUT2D eigenvalue weighted by Gasteiger charge is -2.26. The van der Waals surface area contributed by atoms with Crippen molar-refractivity contribution in [1.29, 1.82) is 0 Å². The molecule has 174 valence electrons. The van der Waals surface area contributed by atoms with Crippen LogP contribution in [0.25, 0.3) is 5.76 Å². The van der Waals surface area contributed by atoms with E-state index in [9.17, 15) is 14.7 Å². The van der Waals surface area contributed by atoms with Crippen LogP contribution < -0.4 is 9.47 Å². The van der Waals surface area contributed by atoms with Crippen LogP contribution in [-0.4, -0.2) is 35.4 Å². The van der Waals surface area contributed by atoms with Crippen LogP contribution in [-0.2, 0) is 16.1 Å². The molecule has 34 heavy (non-hydrogen) atoms. The van der Waals surface area contributed by atoms with Gasteiger partial charge in [0.2, 0.25) is 0 Å². The molecule has 0 aromatic heterocycles. The smallest absolute Gasteiger partial charge is 0.295 e. The summed E-state index contributed by atoms with van der Waals surface area (Å²) < 4.78 is 11.1. The number of hydrogen-bond donors (Lipinski definition) is 1. The number of amides is 1. The number of carbonyl (C=O) groups excluding carboxylic acids is 2. The molecule has 1 saturated heterocycles. The van der Waals surface area contributed by atoms with Crippen molar-refractivity contribution in [2.75, 3.05) is 13.7 Å². The number of Topliss-reactive ketones (excluding diaryl/α,β-unsaturated/α-hetero) is 1. The van der Waals surface area contributed by atoms with Crippen molar-refractivity contribution in [3.05, 3.63) is 100 Å². The standard InChI is InChI=1S/C27H24ClNO5/c1-3-34-21-12-7-9-17(15-21)24-23(25(30)18-10-6-11-20(28)14-18)26(31)27(32)29(24)16-19-8-4-5-13-22(19)33-2/h4-15,24,30H,3,16H2,1-2H3/b25-23-. The van der Waals surface area contributed by atoms with Crippen molar-refractivity contribution in [2.45, 2.75) is 19.5 Å². The van der Waals surface area contributed by atoms with E-state index in [1.807, 2.05) is 25.1 Å². The van der Waals surface area contributed by atoms with Crippen LogP contribution >= 0.6 is 11.6 Å². The van der Waals surface area contributed by atoms with Crippen molar-refractivity contribution < 1.29 is 24.2 Å². The highest BCUT2D eigenvalue weighted by Gasteiger charge is 2.46. The second-order valence-corrected chi connectivity index (χ2v) is 8.19. The minimum Gasteiger partial charge on any atom is -0.507 e. The summed E-state index contributed by atoms with van der Waals surface area (Å²) in [6.45, 7) is 2.46. The average molecular weight is 478 g/mol. The maximum atomic E-state index is 13.2. The minimum atomic E-state index is -0.829. The Morgan fingerprint density at radius 3 is 2.53 bits per heavy atom. The first-order valence-electron chi connectivity index (χ1n) is 10.8. The molecule has 0 radical (unpaired) electrons. The molecule has 1 aliphatic rings. The number of halogens is 1. The van der Waals surface area contributed by atoms with Crippen molar-refractivity contribution >= 4 is 29.1 Å². The number of benzene rings is 3. The van der Waals surface area contributed by atoms with Gasteiger partial charge in [-0.2, -0.15) is 0 Å². The summed E-state index contributed by atoms with van der Waals surface area (Å²) in [6, 6.07) is 20.2. The molecule has 3 aromatic carbocycles. The van der Waals surface area contributed by atoms with E-state index < -0.39 is 17.7 Å². The van der Waals surface area contributed by atoms with Gasteiger partial charge in [-0.25, -0.2) is 0 Å². The number of ketones is 1. The van der Waals surface area contributed by atoms with Crippen LogP contribution in [0.4, 0.5) is 0 Å². The van der Waals surface area contributed by atoms with Gasteiger partial charge in [0, 0.05) is 16.1 Å². The summed E-state index contributed by atoms with van der Waals surface area (Å²) in [5.41, 5.74) is 1.73. The first-order chi connectivity index (χ1) is 16.4. The van der Waals surface area contributed by atoms with Crippen LogP contribution in [0.5, 0.6) is 11.5 Å². The SMILES string of the molecule is CCOc1cccc(C2/C(=C(/O)c3cccc(Cl)c3)C(=O)C(=O)N2Cc2ccccc2OC)c1. The quantitative estimate of drug-likeness (QED) is 0.281. The summed E-state index contributed by atoms with van der Waals surface area (Å²) >= 11 is 6.11. The first-order valence-corrected chi connectivity index (χ1v) is 11.2. The Balaban J connectivity index is 1.88.